The molecule has 0 N–H and O–H groups in total. The van der Waals surface area contributed by atoms with Gasteiger partial charge in [0.25, 0.3) is 0 Å². The van der Waals surface area contributed by atoms with Crippen molar-refractivity contribution in [3.8, 4) is 138 Å². The molecule has 4 heterocycles. The first-order chi connectivity index (χ1) is 51.0. The van der Waals surface area contributed by atoms with E-state index in [9.17, 15) is 31.6 Å². The number of aromatic nitrogens is 6. The van der Waals surface area contributed by atoms with Crippen molar-refractivity contribution in [2.24, 2.45) is 0 Å². The number of nitriles is 6. The molecule has 0 aliphatic carbocycles. The Balaban J connectivity index is 1.06. The molecule has 0 fully saturated rings. The first-order valence-corrected chi connectivity index (χ1v) is 31.5. The second kappa shape index (κ2) is 25.9. The summed E-state index contributed by atoms with van der Waals surface area (Å²) in [6, 6.07) is 73.8. The average molecular weight is 1320 g/mol. The zero-order valence-corrected chi connectivity index (χ0v) is 53.8. The van der Waals surface area contributed by atoms with Gasteiger partial charge in [-0.25, -0.2) is 44.0 Å². The molecule has 18 heteroatoms. The predicted octanol–water partition coefficient (Wildman–Crippen LogP) is 21.3. The van der Waals surface area contributed by atoms with Crippen molar-refractivity contribution < 1.29 is 0 Å². The number of fused-ring (bicyclic) bond motifs is 6. The third-order valence-corrected chi connectivity index (χ3v) is 18.1. The highest BCUT2D eigenvalue weighted by Crippen LogP contribution is 2.49. The van der Waals surface area contributed by atoms with Gasteiger partial charge >= 0.3 is 0 Å². The topological polar surface area (TPSA) is 230 Å². The molecule has 15 aromatic rings. The maximum absolute atomic E-state index is 10.7. The molecule has 0 aliphatic heterocycles. The molecular weight excluding hydrogens is 1290 g/mol. The zero-order valence-electron chi connectivity index (χ0n) is 53.8. The summed E-state index contributed by atoms with van der Waals surface area (Å²) in [5.74, 6) is 1.15. The number of benzene rings is 11. The fourth-order valence-corrected chi connectivity index (χ4v) is 13.7. The van der Waals surface area contributed by atoms with E-state index in [4.69, 9.17) is 59.4 Å². The number of rotatable bonds is 10. The summed E-state index contributed by atoms with van der Waals surface area (Å²) in [6.45, 7) is 48.8. The van der Waals surface area contributed by atoms with Crippen molar-refractivity contribution in [2.75, 3.05) is 0 Å². The molecule has 18 nitrogen and oxygen atoms in total. The van der Waals surface area contributed by atoms with Crippen LogP contribution in [0.1, 0.15) is 33.4 Å². The van der Waals surface area contributed by atoms with Crippen molar-refractivity contribution in [3.63, 3.8) is 0 Å². The van der Waals surface area contributed by atoms with Gasteiger partial charge in [0.15, 0.2) is 51.6 Å². The Hall–Kier alpha value is -16.9. The average Bonchev–Trinajstić information content (AvgIpc) is 1.56. The first kappa shape index (κ1) is 63.1. The van der Waals surface area contributed by atoms with Crippen LogP contribution in [-0.4, -0.2) is 29.1 Å². The largest absolute Gasteiger partial charge is 0.309 e. The molecule has 0 saturated heterocycles. The number of nitrogens with zero attached hydrogens (tertiary/aromatic N) is 18. The van der Waals surface area contributed by atoms with E-state index < -0.39 is 0 Å². The van der Waals surface area contributed by atoms with Gasteiger partial charge in [-0.05, 0) is 143 Å². The van der Waals surface area contributed by atoms with Gasteiger partial charge in [0.1, 0.15) is 0 Å². The summed E-state index contributed by atoms with van der Waals surface area (Å²) in [7, 11) is 0. The molecule has 0 atom stereocenters. The van der Waals surface area contributed by atoms with Crippen molar-refractivity contribution in [1.29, 1.82) is 31.6 Å². The second-order valence-corrected chi connectivity index (χ2v) is 23.7. The lowest BCUT2D eigenvalue weighted by Gasteiger charge is -2.19. The standard InChI is InChI=1S/C86H36N18/c1-93-62-33-59(45-90)80(60(34-62)46-91)53-17-22-75-66(36-53)67-38-55(82-61(47-92)35-63(94-2)41-73(82)98-6)18-23-76(67)103(75)74-26-21-57(86-101-84(51-13-9-7-10-14-51)100-85(102-86)52-15-11-8-12-16-52)40-65(74)64-27-28-99-48-79(64)104-77-24-19-54(81-58(44-89)29-49(42-87)30-70(81)95-3)37-68(77)69-39-56(20-25-78(69)104)83-71(96-4)31-50(43-88)32-72(83)97-5/h7-41,48H. The highest BCUT2D eigenvalue weighted by Gasteiger charge is 2.27. The van der Waals surface area contributed by atoms with Crippen LogP contribution in [0.15, 0.2) is 219 Å². The van der Waals surface area contributed by atoms with E-state index in [2.05, 4.69) is 70.1 Å². The van der Waals surface area contributed by atoms with E-state index >= 15 is 0 Å². The van der Waals surface area contributed by atoms with Crippen LogP contribution in [0.4, 0.5) is 34.1 Å². The Morgan fingerprint density at radius 3 is 1.12 bits per heavy atom. The molecule has 4 aromatic heterocycles. The maximum atomic E-state index is 10.7. The molecule has 0 spiro atoms. The van der Waals surface area contributed by atoms with E-state index in [1.807, 2.05) is 156 Å². The van der Waals surface area contributed by atoms with E-state index in [-0.39, 0.29) is 67.5 Å². The minimum absolute atomic E-state index is 0.0826. The SMILES string of the molecule is [C-]#[N+]c1cc(C#N)c(-c2ccc3c(c2)c2cc(-c4c(C#N)cc([N+]#[C-])cc4[N+]#[C-])ccc2n3-c2ccc(-c3nc(-c4ccccc4)nc(-c4ccccc4)n3)cc2-c2ccncc2-n2c3ccc(-c4c(C#N)cc(C#N)cc4[N+]#[C-])cc3c3cc(-c4c([N+]#[C-])cc(C#N)cc4[N+]#[C-])ccc32)c(C#N)c1. The summed E-state index contributed by atoms with van der Waals surface area (Å²) < 4.78 is 4.11. The Labute approximate surface area is 593 Å². The molecule has 11 aromatic carbocycles. The Bertz CT molecular complexity index is 6390. The second-order valence-electron chi connectivity index (χ2n) is 23.7. The number of hydrogen-bond acceptors (Lipinski definition) is 10. The summed E-state index contributed by atoms with van der Waals surface area (Å²) >= 11 is 0. The lowest BCUT2D eigenvalue weighted by atomic mass is 9.93. The van der Waals surface area contributed by atoms with Gasteiger partial charge in [-0.2, -0.15) is 31.6 Å². The van der Waals surface area contributed by atoms with Crippen LogP contribution < -0.4 is 0 Å². The van der Waals surface area contributed by atoms with Gasteiger partial charge in [0.2, 0.25) is 0 Å². The quantitative estimate of drug-likeness (QED) is 0.118. The molecular formula is C86H36N18. The first-order valence-electron chi connectivity index (χ1n) is 31.5. The molecule has 0 amide bonds. The number of hydrogen-bond donors (Lipinski definition) is 0. The number of pyridine rings is 1. The van der Waals surface area contributed by atoms with Crippen molar-refractivity contribution in [1.82, 2.24) is 29.1 Å². The molecule has 0 unspecified atom stereocenters. The molecule has 15 rings (SSSR count). The van der Waals surface area contributed by atoms with Crippen LogP contribution in [0.5, 0.6) is 0 Å². The third-order valence-electron chi connectivity index (χ3n) is 18.1. The van der Waals surface area contributed by atoms with Crippen LogP contribution in [0.25, 0.3) is 174 Å². The zero-order chi connectivity index (χ0) is 71.9. The van der Waals surface area contributed by atoms with Crippen LogP contribution in [0.2, 0.25) is 0 Å². The summed E-state index contributed by atoms with van der Waals surface area (Å²) in [5.41, 5.74) is 11.4. The summed E-state index contributed by atoms with van der Waals surface area (Å²) in [4.78, 5) is 42.6. The van der Waals surface area contributed by atoms with Gasteiger partial charge < -0.3 is 9.13 Å². The molecule has 0 bridgehead atoms. The maximum Gasteiger partial charge on any atom is 0.197 e. The van der Waals surface area contributed by atoms with Crippen LogP contribution >= 0.6 is 0 Å². The molecule has 0 radical (unpaired) electrons. The van der Waals surface area contributed by atoms with Crippen molar-refractivity contribution in [2.45, 2.75) is 0 Å². The van der Waals surface area contributed by atoms with Gasteiger partial charge in [0, 0.05) is 88.9 Å². The van der Waals surface area contributed by atoms with Crippen LogP contribution in [-0.2, 0) is 0 Å². The Kier molecular flexibility index (Phi) is 15.7. The van der Waals surface area contributed by atoms with Gasteiger partial charge in [-0.1, -0.05) is 91.0 Å². The molecule has 470 valence electrons. The van der Waals surface area contributed by atoms with E-state index in [1.165, 1.54) is 48.5 Å². The summed E-state index contributed by atoms with van der Waals surface area (Å²) in [5, 5.41) is 65.1. The van der Waals surface area contributed by atoms with E-state index in [1.54, 1.807) is 18.5 Å². The van der Waals surface area contributed by atoms with Crippen molar-refractivity contribution in [3.05, 3.63) is 321 Å². The van der Waals surface area contributed by atoms with Crippen LogP contribution in [0, 0.1) is 107 Å². The smallest absolute Gasteiger partial charge is 0.197 e. The highest BCUT2D eigenvalue weighted by atomic mass is 15.0. The normalized spacial score (nSPS) is 10.6. The minimum atomic E-state index is 0.0826. The van der Waals surface area contributed by atoms with E-state index in [0.29, 0.717) is 134 Å². The minimum Gasteiger partial charge on any atom is -0.309 e. The van der Waals surface area contributed by atoms with Crippen LogP contribution in [0.3, 0.4) is 0 Å². The van der Waals surface area contributed by atoms with Gasteiger partial charge in [-0.3, -0.25) is 4.98 Å². The highest BCUT2D eigenvalue weighted by molar-refractivity contribution is 6.15. The van der Waals surface area contributed by atoms with E-state index in [0.717, 1.165) is 11.1 Å². The summed E-state index contributed by atoms with van der Waals surface area (Å²) in [6.07, 6.45) is 3.41. The predicted molar refractivity (Wildman–Crippen MR) is 396 cm³/mol. The fraction of sp³-hybridized carbons (Fsp3) is 0. The lowest BCUT2D eigenvalue weighted by molar-refractivity contribution is 1.07. The van der Waals surface area contributed by atoms with Crippen molar-refractivity contribution >= 4 is 77.7 Å². The third kappa shape index (κ3) is 10.5. The monoisotopic (exact) mass is 1320 g/mol. The molecule has 0 saturated carbocycles. The molecule has 0 aliphatic rings. The lowest BCUT2D eigenvalue weighted by Crippen LogP contribution is -2.04. The van der Waals surface area contributed by atoms with Gasteiger partial charge in [0.05, 0.1) is 132 Å². The Morgan fingerprint density at radius 2 is 0.673 bits per heavy atom. The Morgan fingerprint density at radius 1 is 0.298 bits per heavy atom. The van der Waals surface area contributed by atoms with Gasteiger partial charge in [-0.15, -0.1) is 0 Å². The fourth-order valence-electron chi connectivity index (χ4n) is 13.7. The molecule has 104 heavy (non-hydrogen) atoms.